The molecule has 0 unspecified atom stereocenters. The van der Waals surface area contributed by atoms with E-state index in [0.29, 0.717) is 5.56 Å². The highest BCUT2D eigenvalue weighted by Crippen LogP contribution is 2.15. The number of nitrogens with zero attached hydrogens (tertiary/aromatic N) is 1. The largest absolute Gasteiger partial charge is 0.493 e. The van der Waals surface area contributed by atoms with Crippen LogP contribution in [0.5, 0.6) is 5.88 Å². The van der Waals surface area contributed by atoms with Crippen LogP contribution in [0.15, 0.2) is 40.3 Å². The van der Waals surface area contributed by atoms with Crippen molar-refractivity contribution in [3.05, 3.63) is 51.8 Å². The van der Waals surface area contributed by atoms with Crippen LogP contribution in [0, 0.1) is 6.92 Å². The maximum atomic E-state index is 11.9. The molecule has 1 aromatic carbocycles. The second kappa shape index (κ2) is 5.71. The Morgan fingerprint density at radius 2 is 2.05 bits per heavy atom. The molecule has 0 fully saturated rings. The number of aromatic hydroxyl groups is 1. The van der Waals surface area contributed by atoms with Crippen molar-refractivity contribution in [2.75, 3.05) is 5.75 Å². The van der Waals surface area contributed by atoms with Gasteiger partial charge in [0.2, 0.25) is 5.88 Å². The van der Waals surface area contributed by atoms with Crippen LogP contribution in [0.4, 0.5) is 0 Å². The fraction of sp³-hybridized carbons (Fsp3) is 0.154. The maximum absolute atomic E-state index is 11.9. The van der Waals surface area contributed by atoms with Crippen LogP contribution in [0.2, 0.25) is 0 Å². The first-order valence-corrected chi connectivity index (χ1v) is 6.56. The van der Waals surface area contributed by atoms with Crippen LogP contribution in [0.25, 0.3) is 0 Å². The molecule has 0 spiro atoms. The molecule has 1 aromatic heterocycles. The van der Waals surface area contributed by atoms with Gasteiger partial charge in [-0.15, -0.1) is 0 Å². The SMILES string of the molecule is Cc1ccc(C(=O)CSc2nc(O)cc(=O)[nH]2)cc1. The molecular weight excluding hydrogens is 264 g/mol. The summed E-state index contributed by atoms with van der Waals surface area (Å²) in [4.78, 5) is 29.2. The first-order valence-electron chi connectivity index (χ1n) is 5.57. The lowest BCUT2D eigenvalue weighted by Crippen LogP contribution is -2.08. The molecule has 0 aliphatic rings. The summed E-state index contributed by atoms with van der Waals surface area (Å²) in [5, 5.41) is 9.40. The molecule has 0 radical (unpaired) electrons. The molecule has 0 amide bonds. The molecule has 0 atom stereocenters. The number of aromatic nitrogens is 2. The lowest BCUT2D eigenvalue weighted by atomic mass is 10.1. The van der Waals surface area contributed by atoms with Gasteiger partial charge in [-0.05, 0) is 6.92 Å². The van der Waals surface area contributed by atoms with Crippen molar-refractivity contribution in [1.29, 1.82) is 0 Å². The van der Waals surface area contributed by atoms with Gasteiger partial charge >= 0.3 is 0 Å². The molecule has 5 nitrogen and oxygen atoms in total. The van der Waals surface area contributed by atoms with Crippen molar-refractivity contribution in [3.63, 3.8) is 0 Å². The molecule has 0 aliphatic heterocycles. The topological polar surface area (TPSA) is 83.0 Å². The third-order valence-electron chi connectivity index (χ3n) is 2.42. The van der Waals surface area contributed by atoms with Crippen LogP contribution in [0.1, 0.15) is 15.9 Å². The number of rotatable bonds is 4. The number of carbonyl (C=O) groups excluding carboxylic acids is 1. The van der Waals surface area contributed by atoms with E-state index in [4.69, 9.17) is 0 Å². The van der Waals surface area contributed by atoms with Crippen LogP contribution in [-0.4, -0.2) is 26.6 Å². The third kappa shape index (κ3) is 3.69. The van der Waals surface area contributed by atoms with Crippen LogP contribution in [-0.2, 0) is 0 Å². The molecule has 0 saturated carbocycles. The number of benzene rings is 1. The van der Waals surface area contributed by atoms with Crippen LogP contribution < -0.4 is 5.56 Å². The maximum Gasteiger partial charge on any atom is 0.255 e. The average molecular weight is 276 g/mol. The zero-order valence-electron chi connectivity index (χ0n) is 10.2. The Labute approximate surface area is 113 Å². The second-order valence-corrected chi connectivity index (χ2v) is 4.95. The molecule has 2 aromatic rings. The number of thioether (sulfide) groups is 1. The zero-order chi connectivity index (χ0) is 13.8. The number of Topliss-reactive ketones (excluding diaryl/α,β-unsaturated/α-hetero) is 1. The monoisotopic (exact) mass is 276 g/mol. The Bertz CT molecular complexity index is 650. The lowest BCUT2D eigenvalue weighted by molar-refractivity contribution is 0.102. The second-order valence-electron chi connectivity index (χ2n) is 3.99. The number of hydrogen-bond donors (Lipinski definition) is 2. The van der Waals surface area contributed by atoms with Gasteiger partial charge < -0.3 is 10.1 Å². The predicted molar refractivity (Wildman–Crippen MR) is 72.8 cm³/mol. The van der Waals surface area contributed by atoms with Gasteiger partial charge in [-0.3, -0.25) is 9.59 Å². The highest BCUT2D eigenvalue weighted by atomic mass is 32.2. The molecule has 2 N–H and O–H groups in total. The highest BCUT2D eigenvalue weighted by molar-refractivity contribution is 7.99. The predicted octanol–water partition coefficient (Wildman–Crippen LogP) is 1.76. The molecule has 0 aliphatic carbocycles. The first kappa shape index (κ1) is 13.4. The van der Waals surface area contributed by atoms with Gasteiger partial charge in [0.1, 0.15) is 0 Å². The zero-order valence-corrected chi connectivity index (χ0v) is 11.0. The summed E-state index contributed by atoms with van der Waals surface area (Å²) in [5.74, 6) is -0.264. The third-order valence-corrected chi connectivity index (χ3v) is 3.29. The number of carbonyl (C=O) groups is 1. The standard InChI is InChI=1S/C13H12N2O3S/c1-8-2-4-9(5-3-8)10(16)7-19-13-14-11(17)6-12(18)15-13/h2-6H,7H2,1H3,(H2,14,15,17,18). The van der Waals surface area contributed by atoms with E-state index in [9.17, 15) is 14.7 Å². The van der Waals surface area contributed by atoms with E-state index in [2.05, 4.69) is 9.97 Å². The van der Waals surface area contributed by atoms with Crippen molar-refractivity contribution < 1.29 is 9.90 Å². The Hall–Kier alpha value is -2.08. The van der Waals surface area contributed by atoms with Gasteiger partial charge in [-0.25, -0.2) is 0 Å². The molecule has 0 saturated heterocycles. The van der Waals surface area contributed by atoms with Gasteiger partial charge in [0, 0.05) is 5.56 Å². The van der Waals surface area contributed by atoms with E-state index < -0.39 is 5.56 Å². The van der Waals surface area contributed by atoms with E-state index in [1.807, 2.05) is 19.1 Å². The van der Waals surface area contributed by atoms with Crippen molar-refractivity contribution >= 4 is 17.5 Å². The fourth-order valence-corrected chi connectivity index (χ4v) is 2.21. The number of aryl methyl sites for hydroxylation is 1. The van der Waals surface area contributed by atoms with Gasteiger partial charge in [-0.1, -0.05) is 41.6 Å². The van der Waals surface area contributed by atoms with Crippen molar-refractivity contribution in [2.24, 2.45) is 0 Å². The van der Waals surface area contributed by atoms with Gasteiger partial charge in [-0.2, -0.15) is 4.98 Å². The summed E-state index contributed by atoms with van der Waals surface area (Å²) in [6.45, 7) is 1.95. The normalized spacial score (nSPS) is 10.4. The minimum atomic E-state index is -0.446. The van der Waals surface area contributed by atoms with E-state index in [1.54, 1.807) is 12.1 Å². The van der Waals surface area contributed by atoms with E-state index in [0.717, 1.165) is 23.4 Å². The summed E-state index contributed by atoms with van der Waals surface area (Å²) < 4.78 is 0. The first-order chi connectivity index (χ1) is 9.04. The van der Waals surface area contributed by atoms with E-state index in [1.165, 1.54) is 0 Å². The minimum Gasteiger partial charge on any atom is -0.493 e. The van der Waals surface area contributed by atoms with Crippen molar-refractivity contribution in [3.8, 4) is 5.88 Å². The summed E-state index contributed by atoms with van der Waals surface area (Å²) >= 11 is 1.08. The summed E-state index contributed by atoms with van der Waals surface area (Å²) in [7, 11) is 0. The van der Waals surface area contributed by atoms with Crippen LogP contribution in [0.3, 0.4) is 0 Å². The molecule has 98 valence electrons. The molecule has 19 heavy (non-hydrogen) atoms. The number of H-pyrrole nitrogens is 1. The Balaban J connectivity index is 2.04. The van der Waals surface area contributed by atoms with E-state index >= 15 is 0 Å². The summed E-state index contributed by atoms with van der Waals surface area (Å²) in [5.41, 5.74) is 1.25. The smallest absolute Gasteiger partial charge is 0.255 e. The van der Waals surface area contributed by atoms with Gasteiger partial charge in [0.25, 0.3) is 5.56 Å². The lowest BCUT2D eigenvalue weighted by Gasteiger charge is -2.02. The number of hydrogen-bond acceptors (Lipinski definition) is 5. The molecular formula is C13H12N2O3S. The van der Waals surface area contributed by atoms with Gasteiger partial charge in [0.15, 0.2) is 10.9 Å². The minimum absolute atomic E-state index is 0.0593. The fourth-order valence-electron chi connectivity index (χ4n) is 1.45. The summed E-state index contributed by atoms with van der Waals surface area (Å²) in [6, 6.07) is 8.23. The van der Waals surface area contributed by atoms with Crippen LogP contribution >= 0.6 is 11.8 Å². The summed E-state index contributed by atoms with van der Waals surface area (Å²) in [6.07, 6.45) is 0. The molecule has 1 heterocycles. The van der Waals surface area contributed by atoms with E-state index in [-0.39, 0.29) is 22.6 Å². The van der Waals surface area contributed by atoms with Crippen molar-refractivity contribution in [2.45, 2.75) is 12.1 Å². The molecule has 6 heteroatoms. The quantitative estimate of drug-likeness (QED) is 0.505. The number of nitrogens with one attached hydrogen (secondary N) is 1. The number of ketones is 1. The van der Waals surface area contributed by atoms with Crippen molar-refractivity contribution in [1.82, 2.24) is 9.97 Å². The average Bonchev–Trinajstić information content (AvgIpc) is 2.36. The highest BCUT2D eigenvalue weighted by Gasteiger charge is 2.08. The molecule has 2 rings (SSSR count). The Morgan fingerprint density at radius 1 is 1.37 bits per heavy atom. The Kier molecular flexibility index (Phi) is 4.01. The molecule has 0 bridgehead atoms. The Morgan fingerprint density at radius 3 is 2.68 bits per heavy atom. The van der Waals surface area contributed by atoms with Gasteiger partial charge in [0.05, 0.1) is 11.8 Å². The number of aromatic amines is 1.